The Labute approximate surface area is 164 Å². The lowest BCUT2D eigenvalue weighted by Gasteiger charge is -2.13. The standard InChI is InChI=1S/C26H19NO/c1-28-25-13-7-6-12-23(25)26-22-11-5-4-10-20(22)17-24(27-26)21-15-14-18-8-2-3-9-19(18)16-21/h2-17H,1H3. The second-order valence-corrected chi connectivity index (χ2v) is 6.84. The molecule has 0 spiro atoms. The van der Waals surface area contributed by atoms with E-state index in [1.54, 1.807) is 7.11 Å². The van der Waals surface area contributed by atoms with Crippen LogP contribution in [-0.2, 0) is 0 Å². The molecule has 2 nitrogen and oxygen atoms in total. The molecule has 5 aromatic rings. The molecule has 4 aromatic carbocycles. The summed E-state index contributed by atoms with van der Waals surface area (Å²) in [7, 11) is 1.70. The average molecular weight is 361 g/mol. The molecule has 0 saturated heterocycles. The van der Waals surface area contributed by atoms with Crippen LogP contribution < -0.4 is 4.74 Å². The first kappa shape index (κ1) is 16.5. The van der Waals surface area contributed by atoms with E-state index in [-0.39, 0.29) is 0 Å². The van der Waals surface area contributed by atoms with E-state index < -0.39 is 0 Å². The number of ether oxygens (including phenoxy) is 1. The number of methoxy groups -OCH3 is 1. The molecular formula is C26H19NO. The summed E-state index contributed by atoms with van der Waals surface area (Å²) in [6.45, 7) is 0. The number of pyridine rings is 1. The molecule has 0 unspecified atom stereocenters. The fourth-order valence-electron chi connectivity index (χ4n) is 3.74. The molecule has 5 rings (SSSR count). The summed E-state index contributed by atoms with van der Waals surface area (Å²) in [6, 6.07) is 33.5. The molecule has 0 aliphatic rings. The van der Waals surface area contributed by atoms with Crippen molar-refractivity contribution < 1.29 is 4.74 Å². The van der Waals surface area contributed by atoms with Crippen LogP contribution >= 0.6 is 0 Å². The number of rotatable bonds is 3. The van der Waals surface area contributed by atoms with Crippen molar-refractivity contribution in [1.82, 2.24) is 4.98 Å². The van der Waals surface area contributed by atoms with Gasteiger partial charge in [0.05, 0.1) is 18.5 Å². The van der Waals surface area contributed by atoms with Gasteiger partial charge in [-0.1, -0.05) is 72.8 Å². The van der Waals surface area contributed by atoms with Gasteiger partial charge in [0, 0.05) is 16.5 Å². The lowest BCUT2D eigenvalue weighted by molar-refractivity contribution is 0.416. The van der Waals surface area contributed by atoms with Gasteiger partial charge in [-0.15, -0.1) is 0 Å². The van der Waals surface area contributed by atoms with E-state index in [0.29, 0.717) is 0 Å². The largest absolute Gasteiger partial charge is 0.496 e. The van der Waals surface area contributed by atoms with Gasteiger partial charge in [0.25, 0.3) is 0 Å². The highest BCUT2D eigenvalue weighted by molar-refractivity contribution is 5.98. The average Bonchev–Trinajstić information content (AvgIpc) is 2.78. The van der Waals surface area contributed by atoms with Crippen molar-refractivity contribution in [3.05, 3.63) is 97.1 Å². The smallest absolute Gasteiger partial charge is 0.128 e. The molecule has 1 aromatic heterocycles. The Morgan fingerprint density at radius 3 is 2.21 bits per heavy atom. The van der Waals surface area contributed by atoms with Gasteiger partial charge in [0.15, 0.2) is 0 Å². The maximum atomic E-state index is 5.61. The Kier molecular flexibility index (Phi) is 4.02. The van der Waals surface area contributed by atoms with Gasteiger partial charge in [-0.3, -0.25) is 0 Å². The van der Waals surface area contributed by atoms with Crippen LogP contribution in [0.25, 0.3) is 44.1 Å². The molecule has 0 atom stereocenters. The number of para-hydroxylation sites is 1. The number of hydrogen-bond donors (Lipinski definition) is 0. The summed E-state index contributed by atoms with van der Waals surface area (Å²) in [5.74, 6) is 0.829. The quantitative estimate of drug-likeness (QED) is 0.355. The summed E-state index contributed by atoms with van der Waals surface area (Å²) >= 11 is 0. The minimum atomic E-state index is 0.829. The lowest BCUT2D eigenvalue weighted by atomic mass is 9.99. The molecule has 0 fully saturated rings. The predicted octanol–water partition coefficient (Wildman–Crippen LogP) is 6.73. The Balaban J connectivity index is 1.78. The summed E-state index contributed by atoms with van der Waals surface area (Å²) in [6.07, 6.45) is 0. The normalized spacial score (nSPS) is 11.0. The molecule has 28 heavy (non-hydrogen) atoms. The van der Waals surface area contributed by atoms with Gasteiger partial charge in [0.2, 0.25) is 0 Å². The summed E-state index contributed by atoms with van der Waals surface area (Å²) in [4.78, 5) is 5.08. The zero-order valence-corrected chi connectivity index (χ0v) is 15.6. The maximum Gasteiger partial charge on any atom is 0.128 e. The van der Waals surface area contributed by atoms with Crippen LogP contribution in [0.5, 0.6) is 5.75 Å². The number of hydrogen-bond acceptors (Lipinski definition) is 2. The molecule has 0 amide bonds. The zero-order valence-electron chi connectivity index (χ0n) is 15.6. The minimum absolute atomic E-state index is 0.829. The molecule has 1 heterocycles. The van der Waals surface area contributed by atoms with Crippen LogP contribution in [0.4, 0.5) is 0 Å². The van der Waals surface area contributed by atoms with Crippen LogP contribution in [0.2, 0.25) is 0 Å². The molecular weight excluding hydrogens is 342 g/mol. The van der Waals surface area contributed by atoms with Crippen molar-refractivity contribution in [2.75, 3.05) is 7.11 Å². The summed E-state index contributed by atoms with van der Waals surface area (Å²) in [5, 5.41) is 4.74. The SMILES string of the molecule is COc1ccccc1-c1nc(-c2ccc3ccccc3c2)cc2ccccc12. The van der Waals surface area contributed by atoms with Gasteiger partial charge in [-0.05, 0) is 40.4 Å². The van der Waals surface area contributed by atoms with E-state index in [1.165, 1.54) is 16.2 Å². The molecule has 2 heteroatoms. The second-order valence-electron chi connectivity index (χ2n) is 6.84. The van der Waals surface area contributed by atoms with Crippen molar-refractivity contribution in [3.8, 4) is 28.3 Å². The van der Waals surface area contributed by atoms with Gasteiger partial charge in [0.1, 0.15) is 5.75 Å². The summed E-state index contributed by atoms with van der Waals surface area (Å²) in [5.41, 5.74) is 4.02. The third-order valence-corrected chi connectivity index (χ3v) is 5.15. The maximum absolute atomic E-state index is 5.61. The van der Waals surface area contributed by atoms with E-state index in [1.807, 2.05) is 18.2 Å². The topological polar surface area (TPSA) is 22.1 Å². The first-order valence-corrected chi connectivity index (χ1v) is 9.36. The molecule has 0 aliphatic heterocycles. The van der Waals surface area contributed by atoms with Crippen LogP contribution in [0.15, 0.2) is 97.1 Å². The Bertz CT molecular complexity index is 1310. The fourth-order valence-corrected chi connectivity index (χ4v) is 3.74. The predicted molar refractivity (Wildman–Crippen MR) is 117 cm³/mol. The highest BCUT2D eigenvalue weighted by atomic mass is 16.5. The van der Waals surface area contributed by atoms with Crippen LogP contribution in [0.3, 0.4) is 0 Å². The highest BCUT2D eigenvalue weighted by Gasteiger charge is 2.13. The molecule has 0 radical (unpaired) electrons. The molecule has 0 N–H and O–H groups in total. The van der Waals surface area contributed by atoms with E-state index in [4.69, 9.17) is 9.72 Å². The minimum Gasteiger partial charge on any atom is -0.496 e. The van der Waals surface area contributed by atoms with Gasteiger partial charge >= 0.3 is 0 Å². The van der Waals surface area contributed by atoms with Gasteiger partial charge in [-0.25, -0.2) is 4.98 Å². The number of nitrogens with zero attached hydrogens (tertiary/aromatic N) is 1. The van der Waals surface area contributed by atoms with Gasteiger partial charge in [-0.2, -0.15) is 0 Å². The third-order valence-electron chi connectivity index (χ3n) is 5.15. The first-order chi connectivity index (χ1) is 13.8. The third kappa shape index (κ3) is 2.80. The van der Waals surface area contributed by atoms with Gasteiger partial charge < -0.3 is 4.74 Å². The van der Waals surface area contributed by atoms with Crippen LogP contribution in [0, 0.1) is 0 Å². The van der Waals surface area contributed by atoms with E-state index in [2.05, 4.69) is 78.9 Å². The fraction of sp³-hybridized carbons (Fsp3) is 0.0385. The van der Waals surface area contributed by atoms with E-state index in [0.717, 1.165) is 33.7 Å². The zero-order chi connectivity index (χ0) is 18.9. The Morgan fingerprint density at radius 2 is 1.36 bits per heavy atom. The Morgan fingerprint density at radius 1 is 0.643 bits per heavy atom. The van der Waals surface area contributed by atoms with Crippen LogP contribution in [-0.4, -0.2) is 12.1 Å². The lowest BCUT2D eigenvalue weighted by Crippen LogP contribution is -1.94. The summed E-state index contributed by atoms with van der Waals surface area (Å²) < 4.78 is 5.61. The molecule has 0 aliphatic carbocycles. The second kappa shape index (κ2) is 6.82. The van der Waals surface area contributed by atoms with Crippen molar-refractivity contribution in [2.24, 2.45) is 0 Å². The molecule has 0 saturated carbocycles. The molecule has 134 valence electrons. The van der Waals surface area contributed by atoms with Crippen molar-refractivity contribution in [1.29, 1.82) is 0 Å². The van der Waals surface area contributed by atoms with Crippen LogP contribution in [0.1, 0.15) is 0 Å². The number of benzene rings is 4. The first-order valence-electron chi connectivity index (χ1n) is 9.36. The van der Waals surface area contributed by atoms with Crippen molar-refractivity contribution >= 4 is 21.5 Å². The number of aromatic nitrogens is 1. The van der Waals surface area contributed by atoms with E-state index in [9.17, 15) is 0 Å². The molecule has 0 bridgehead atoms. The van der Waals surface area contributed by atoms with Crippen molar-refractivity contribution in [3.63, 3.8) is 0 Å². The number of fused-ring (bicyclic) bond motifs is 2. The Hall–Kier alpha value is -3.65. The monoisotopic (exact) mass is 361 g/mol. The van der Waals surface area contributed by atoms with E-state index >= 15 is 0 Å². The highest BCUT2D eigenvalue weighted by Crippen LogP contribution is 2.36. The van der Waals surface area contributed by atoms with Crippen molar-refractivity contribution in [2.45, 2.75) is 0 Å².